The molecule has 0 saturated heterocycles. The standard InChI is InChI=1S/C24H26F6O/c1-5-21(6-2,19-9-7-8-16(3)14-19)20-11-10-18(17(4)15-20)12-13-22(31,23(25,26)27)24(28,29)30/h7-15,31H,5-6H2,1-4H3. The van der Waals surface area contributed by atoms with E-state index in [1.807, 2.05) is 39.0 Å². The molecule has 170 valence electrons. The molecule has 0 aromatic heterocycles. The molecule has 0 bridgehead atoms. The third-order valence-corrected chi connectivity index (χ3v) is 5.97. The first kappa shape index (κ1) is 25.0. The van der Waals surface area contributed by atoms with Gasteiger partial charge in [-0.15, -0.1) is 0 Å². The Labute approximate surface area is 178 Å². The van der Waals surface area contributed by atoms with Crippen LogP contribution in [0.2, 0.25) is 0 Å². The maximum Gasteiger partial charge on any atom is 0.430 e. The van der Waals surface area contributed by atoms with E-state index in [0.717, 1.165) is 29.5 Å². The van der Waals surface area contributed by atoms with E-state index in [9.17, 15) is 31.4 Å². The van der Waals surface area contributed by atoms with E-state index in [0.29, 0.717) is 11.6 Å². The van der Waals surface area contributed by atoms with Crippen LogP contribution in [-0.2, 0) is 5.41 Å². The second-order valence-electron chi connectivity index (χ2n) is 7.83. The number of hydrogen-bond donors (Lipinski definition) is 1. The van der Waals surface area contributed by atoms with Gasteiger partial charge in [-0.05, 0) is 55.0 Å². The number of hydrogen-bond acceptors (Lipinski definition) is 1. The van der Waals surface area contributed by atoms with Crippen molar-refractivity contribution in [2.45, 2.75) is 63.9 Å². The highest BCUT2D eigenvalue weighted by Gasteiger charge is 2.68. The van der Waals surface area contributed by atoms with Crippen LogP contribution in [0, 0.1) is 13.8 Å². The average molecular weight is 444 g/mol. The van der Waals surface area contributed by atoms with Gasteiger partial charge in [0.25, 0.3) is 5.60 Å². The summed E-state index contributed by atoms with van der Waals surface area (Å²) in [4.78, 5) is 0. The Morgan fingerprint density at radius 1 is 0.806 bits per heavy atom. The summed E-state index contributed by atoms with van der Waals surface area (Å²) in [5, 5.41) is 9.33. The second kappa shape index (κ2) is 8.69. The van der Waals surface area contributed by atoms with Crippen LogP contribution in [0.3, 0.4) is 0 Å². The van der Waals surface area contributed by atoms with Crippen LogP contribution in [0.25, 0.3) is 6.08 Å². The van der Waals surface area contributed by atoms with E-state index >= 15 is 0 Å². The Kier molecular flexibility index (Phi) is 7.00. The quantitative estimate of drug-likeness (QED) is 0.464. The molecule has 0 heterocycles. The number of benzene rings is 2. The Morgan fingerprint density at radius 3 is 1.81 bits per heavy atom. The number of alkyl halides is 6. The third-order valence-electron chi connectivity index (χ3n) is 5.97. The van der Waals surface area contributed by atoms with Crippen LogP contribution in [0.4, 0.5) is 26.3 Å². The van der Waals surface area contributed by atoms with Crippen molar-refractivity contribution in [3.05, 3.63) is 76.4 Å². The topological polar surface area (TPSA) is 20.2 Å². The van der Waals surface area contributed by atoms with Crippen LogP contribution in [0.1, 0.15) is 54.5 Å². The normalized spacial score (nSPS) is 13.8. The predicted molar refractivity (Wildman–Crippen MR) is 110 cm³/mol. The lowest BCUT2D eigenvalue weighted by molar-refractivity contribution is -0.347. The van der Waals surface area contributed by atoms with Gasteiger partial charge in [0.15, 0.2) is 0 Å². The highest BCUT2D eigenvalue weighted by molar-refractivity contribution is 5.57. The van der Waals surface area contributed by atoms with Gasteiger partial charge in [-0.3, -0.25) is 0 Å². The summed E-state index contributed by atoms with van der Waals surface area (Å²) in [6.07, 6.45) is -9.80. The molecule has 0 aliphatic heterocycles. The van der Waals surface area contributed by atoms with Crippen LogP contribution >= 0.6 is 0 Å². The average Bonchev–Trinajstić information content (AvgIpc) is 2.67. The molecule has 0 unspecified atom stereocenters. The zero-order valence-electron chi connectivity index (χ0n) is 17.8. The molecule has 0 aliphatic carbocycles. The summed E-state index contributed by atoms with van der Waals surface area (Å²) in [5.41, 5.74) is -1.44. The first-order chi connectivity index (χ1) is 14.2. The maximum absolute atomic E-state index is 12.9. The molecule has 1 N–H and O–H groups in total. The molecule has 2 aromatic rings. The molecular weight excluding hydrogens is 418 g/mol. The van der Waals surface area contributed by atoms with Crippen molar-refractivity contribution in [2.24, 2.45) is 0 Å². The van der Waals surface area contributed by atoms with Gasteiger partial charge in [-0.2, -0.15) is 26.3 Å². The molecular formula is C24H26F6O. The van der Waals surface area contributed by atoms with Gasteiger partial charge in [-0.1, -0.05) is 68.0 Å². The minimum Gasteiger partial charge on any atom is -0.370 e. The van der Waals surface area contributed by atoms with Crippen molar-refractivity contribution in [2.75, 3.05) is 0 Å². The molecule has 2 rings (SSSR count). The lowest BCUT2D eigenvalue weighted by Crippen LogP contribution is -2.55. The fourth-order valence-electron chi connectivity index (χ4n) is 3.90. The molecule has 0 fully saturated rings. The lowest BCUT2D eigenvalue weighted by atomic mass is 9.70. The Bertz CT molecular complexity index is 922. The molecule has 7 heteroatoms. The van der Waals surface area contributed by atoms with Gasteiger partial charge < -0.3 is 5.11 Å². The van der Waals surface area contributed by atoms with Crippen molar-refractivity contribution in [3.63, 3.8) is 0 Å². The molecule has 31 heavy (non-hydrogen) atoms. The molecule has 0 spiro atoms. The van der Waals surface area contributed by atoms with Crippen molar-refractivity contribution in [1.82, 2.24) is 0 Å². The minimum absolute atomic E-state index is 0.168. The van der Waals surface area contributed by atoms with E-state index < -0.39 is 18.0 Å². The van der Waals surface area contributed by atoms with Crippen molar-refractivity contribution in [3.8, 4) is 0 Å². The molecule has 0 radical (unpaired) electrons. The third kappa shape index (κ3) is 4.66. The van der Waals surface area contributed by atoms with E-state index in [1.165, 1.54) is 6.07 Å². The van der Waals surface area contributed by atoms with Gasteiger partial charge in [0.05, 0.1) is 0 Å². The van der Waals surface area contributed by atoms with Gasteiger partial charge >= 0.3 is 12.4 Å². The van der Waals surface area contributed by atoms with Crippen LogP contribution in [-0.4, -0.2) is 23.1 Å². The van der Waals surface area contributed by atoms with Crippen LogP contribution in [0.5, 0.6) is 0 Å². The van der Waals surface area contributed by atoms with Gasteiger partial charge in [0.2, 0.25) is 0 Å². The molecule has 0 atom stereocenters. The second-order valence-corrected chi connectivity index (χ2v) is 7.83. The molecule has 2 aromatic carbocycles. The Hall–Kier alpha value is -2.28. The van der Waals surface area contributed by atoms with E-state index in [1.54, 1.807) is 19.1 Å². The molecule has 0 aliphatic rings. The van der Waals surface area contributed by atoms with E-state index in [2.05, 4.69) is 6.07 Å². The summed E-state index contributed by atoms with van der Waals surface area (Å²) in [7, 11) is 0. The highest BCUT2D eigenvalue weighted by Crippen LogP contribution is 2.45. The molecule has 0 amide bonds. The smallest absolute Gasteiger partial charge is 0.370 e. The van der Waals surface area contributed by atoms with Gasteiger partial charge in [0, 0.05) is 5.41 Å². The number of halogens is 6. The Balaban J connectivity index is 2.52. The first-order valence-corrected chi connectivity index (χ1v) is 9.95. The van der Waals surface area contributed by atoms with E-state index in [4.69, 9.17) is 0 Å². The summed E-state index contributed by atoms with van der Waals surface area (Å²) in [6.45, 7) is 7.69. The highest BCUT2D eigenvalue weighted by atomic mass is 19.4. The largest absolute Gasteiger partial charge is 0.430 e. The zero-order valence-corrected chi connectivity index (χ0v) is 17.8. The van der Waals surface area contributed by atoms with Crippen LogP contribution < -0.4 is 0 Å². The minimum atomic E-state index is -5.89. The number of rotatable bonds is 6. The summed E-state index contributed by atoms with van der Waals surface area (Å²) < 4.78 is 77.5. The number of aliphatic hydroxyl groups is 1. The summed E-state index contributed by atoms with van der Waals surface area (Å²) >= 11 is 0. The van der Waals surface area contributed by atoms with Gasteiger partial charge in [-0.25, -0.2) is 0 Å². The van der Waals surface area contributed by atoms with Crippen LogP contribution in [0.15, 0.2) is 48.5 Å². The predicted octanol–water partition coefficient (Wildman–Crippen LogP) is 7.28. The van der Waals surface area contributed by atoms with Crippen molar-refractivity contribution < 1.29 is 31.4 Å². The summed E-state index contributed by atoms with van der Waals surface area (Å²) in [5.74, 6) is 0. The molecule has 1 nitrogen and oxygen atoms in total. The monoisotopic (exact) mass is 444 g/mol. The zero-order chi connectivity index (χ0) is 23.7. The fourth-order valence-corrected chi connectivity index (χ4v) is 3.90. The number of aryl methyl sites for hydroxylation is 2. The van der Waals surface area contributed by atoms with E-state index in [-0.39, 0.29) is 17.1 Å². The fraction of sp³-hybridized carbons (Fsp3) is 0.417. The maximum atomic E-state index is 12.9. The molecule has 0 saturated carbocycles. The van der Waals surface area contributed by atoms with Gasteiger partial charge in [0.1, 0.15) is 0 Å². The SMILES string of the molecule is CCC(CC)(c1cccc(C)c1)c1ccc(C=CC(O)(C(F)(F)F)C(F)(F)F)c(C)c1. The first-order valence-electron chi connectivity index (χ1n) is 9.95. The van der Waals surface area contributed by atoms with Crippen molar-refractivity contribution >= 4 is 6.08 Å². The van der Waals surface area contributed by atoms with Crippen molar-refractivity contribution in [1.29, 1.82) is 0 Å². The Morgan fingerprint density at radius 2 is 1.35 bits per heavy atom. The lowest BCUT2D eigenvalue weighted by Gasteiger charge is -2.34. The summed E-state index contributed by atoms with van der Waals surface area (Å²) in [6, 6.07) is 13.1.